The topological polar surface area (TPSA) is 47.6 Å². The van der Waals surface area contributed by atoms with E-state index >= 15 is 0 Å². The summed E-state index contributed by atoms with van der Waals surface area (Å²) >= 11 is 0. The Morgan fingerprint density at radius 3 is 2.55 bits per heavy atom. The molecule has 0 heterocycles. The summed E-state index contributed by atoms with van der Waals surface area (Å²) < 4.78 is 10.9. The van der Waals surface area contributed by atoms with Crippen LogP contribution in [0.1, 0.15) is 59.3 Å². The van der Waals surface area contributed by atoms with Crippen molar-refractivity contribution in [3.05, 3.63) is 0 Å². The Hall–Kier alpha value is -0.610. The average molecular weight is 285 g/mol. The number of rotatable bonds is 12. The molecule has 1 aliphatic carbocycles. The molecule has 0 aromatic carbocycles. The highest BCUT2D eigenvalue weighted by Gasteiger charge is 2.29. The van der Waals surface area contributed by atoms with Crippen molar-refractivity contribution >= 4 is 5.97 Å². The van der Waals surface area contributed by atoms with Crippen LogP contribution in [0.4, 0.5) is 0 Å². The Morgan fingerprint density at radius 1 is 1.25 bits per heavy atom. The Labute approximate surface area is 123 Å². The van der Waals surface area contributed by atoms with Crippen LogP contribution in [0.25, 0.3) is 0 Å². The van der Waals surface area contributed by atoms with Gasteiger partial charge in [-0.2, -0.15) is 0 Å². The molecule has 2 atom stereocenters. The zero-order chi connectivity index (χ0) is 14.8. The normalized spacial score (nSPS) is 17.8. The van der Waals surface area contributed by atoms with Crippen molar-refractivity contribution in [1.82, 2.24) is 5.32 Å². The summed E-state index contributed by atoms with van der Waals surface area (Å²) in [5.41, 5.74) is 0. The quantitative estimate of drug-likeness (QED) is 0.560. The van der Waals surface area contributed by atoms with Crippen molar-refractivity contribution in [2.45, 2.75) is 71.4 Å². The van der Waals surface area contributed by atoms with Gasteiger partial charge in [0.05, 0.1) is 13.2 Å². The van der Waals surface area contributed by atoms with E-state index in [1.54, 1.807) is 0 Å². The molecule has 4 nitrogen and oxygen atoms in total. The lowest BCUT2D eigenvalue weighted by Crippen LogP contribution is -2.43. The van der Waals surface area contributed by atoms with E-state index in [9.17, 15) is 4.79 Å². The van der Waals surface area contributed by atoms with Gasteiger partial charge in [-0.1, -0.05) is 33.1 Å². The van der Waals surface area contributed by atoms with Gasteiger partial charge in [0.25, 0.3) is 0 Å². The van der Waals surface area contributed by atoms with Crippen LogP contribution < -0.4 is 5.32 Å². The van der Waals surface area contributed by atoms with Gasteiger partial charge in [-0.15, -0.1) is 0 Å². The third kappa shape index (κ3) is 7.25. The van der Waals surface area contributed by atoms with Crippen molar-refractivity contribution in [3.63, 3.8) is 0 Å². The smallest absolute Gasteiger partial charge is 0.325 e. The van der Waals surface area contributed by atoms with E-state index in [-0.39, 0.29) is 12.0 Å². The van der Waals surface area contributed by atoms with Crippen molar-refractivity contribution < 1.29 is 14.3 Å². The summed E-state index contributed by atoms with van der Waals surface area (Å²) in [7, 11) is 0. The predicted molar refractivity (Wildman–Crippen MR) is 80.7 cm³/mol. The van der Waals surface area contributed by atoms with Crippen LogP contribution in [0.5, 0.6) is 0 Å². The van der Waals surface area contributed by atoms with E-state index in [1.165, 1.54) is 19.3 Å². The summed E-state index contributed by atoms with van der Waals surface area (Å²) in [4.78, 5) is 11.9. The molecule has 0 amide bonds. The van der Waals surface area contributed by atoms with Gasteiger partial charge in [0.2, 0.25) is 0 Å². The molecule has 0 saturated heterocycles. The van der Waals surface area contributed by atoms with E-state index in [2.05, 4.69) is 19.2 Å². The Balaban J connectivity index is 2.27. The lowest BCUT2D eigenvalue weighted by Gasteiger charge is -2.19. The minimum Gasteiger partial charge on any atom is -0.465 e. The molecule has 1 aliphatic rings. The van der Waals surface area contributed by atoms with Crippen molar-refractivity contribution in [2.24, 2.45) is 5.92 Å². The first-order valence-corrected chi connectivity index (χ1v) is 8.21. The fourth-order valence-electron chi connectivity index (χ4n) is 2.21. The van der Waals surface area contributed by atoms with Gasteiger partial charge >= 0.3 is 5.97 Å². The average Bonchev–Trinajstić information content (AvgIpc) is 3.25. The molecule has 0 bridgehead atoms. The van der Waals surface area contributed by atoms with Gasteiger partial charge in [0.15, 0.2) is 0 Å². The van der Waals surface area contributed by atoms with Crippen molar-refractivity contribution in [2.75, 3.05) is 19.8 Å². The Kier molecular flexibility index (Phi) is 8.86. The maximum Gasteiger partial charge on any atom is 0.325 e. The first kappa shape index (κ1) is 17.4. The van der Waals surface area contributed by atoms with Gasteiger partial charge in [0, 0.05) is 12.6 Å². The molecule has 0 aliphatic heterocycles. The maximum absolute atomic E-state index is 11.9. The molecule has 1 saturated carbocycles. The second-order valence-corrected chi connectivity index (χ2v) is 5.70. The molecule has 4 heteroatoms. The van der Waals surface area contributed by atoms with E-state index in [0.717, 1.165) is 25.9 Å². The monoisotopic (exact) mass is 285 g/mol. The lowest BCUT2D eigenvalue weighted by atomic mass is 10.0. The van der Waals surface area contributed by atoms with Gasteiger partial charge in [-0.3, -0.25) is 10.1 Å². The van der Waals surface area contributed by atoms with Crippen LogP contribution in [0.15, 0.2) is 0 Å². The predicted octanol–water partition coefficient (Wildman–Crippen LogP) is 2.90. The highest BCUT2D eigenvalue weighted by molar-refractivity contribution is 5.76. The lowest BCUT2D eigenvalue weighted by molar-refractivity contribution is -0.147. The van der Waals surface area contributed by atoms with Crippen LogP contribution in [0, 0.1) is 5.92 Å². The molecular weight excluding hydrogens is 254 g/mol. The molecule has 0 aromatic rings. The molecule has 118 valence electrons. The standard InChI is InChI=1S/C16H31NO3/c1-4-7-8-13(5-2)11-19-12-15(16(18)20-6-3)17-14-9-10-14/h13-15,17H,4-12H2,1-3H3. The molecule has 0 spiro atoms. The fraction of sp³-hybridized carbons (Fsp3) is 0.938. The van der Waals surface area contributed by atoms with Gasteiger partial charge in [0.1, 0.15) is 6.04 Å². The number of unbranched alkanes of at least 4 members (excludes halogenated alkanes) is 1. The number of carbonyl (C=O) groups is 1. The minimum absolute atomic E-state index is 0.180. The number of hydrogen-bond donors (Lipinski definition) is 1. The summed E-state index contributed by atoms with van der Waals surface area (Å²) in [5, 5.41) is 3.31. The minimum atomic E-state index is -0.300. The summed E-state index contributed by atoms with van der Waals surface area (Å²) in [6.45, 7) is 7.86. The summed E-state index contributed by atoms with van der Waals surface area (Å²) in [6, 6.07) is 0.182. The molecule has 1 N–H and O–H groups in total. The second-order valence-electron chi connectivity index (χ2n) is 5.70. The van der Waals surface area contributed by atoms with Crippen LogP contribution in [-0.4, -0.2) is 37.9 Å². The van der Waals surface area contributed by atoms with Crippen molar-refractivity contribution in [1.29, 1.82) is 0 Å². The van der Waals surface area contributed by atoms with Crippen LogP contribution >= 0.6 is 0 Å². The van der Waals surface area contributed by atoms with E-state index in [0.29, 0.717) is 25.2 Å². The van der Waals surface area contributed by atoms with E-state index < -0.39 is 0 Å². The second kappa shape index (κ2) is 10.2. The van der Waals surface area contributed by atoms with Gasteiger partial charge in [-0.25, -0.2) is 0 Å². The van der Waals surface area contributed by atoms with E-state index in [1.807, 2.05) is 6.92 Å². The number of esters is 1. The Morgan fingerprint density at radius 2 is 2.00 bits per heavy atom. The van der Waals surface area contributed by atoms with E-state index in [4.69, 9.17) is 9.47 Å². The highest BCUT2D eigenvalue weighted by Crippen LogP contribution is 2.20. The van der Waals surface area contributed by atoms with Gasteiger partial charge < -0.3 is 9.47 Å². The van der Waals surface area contributed by atoms with Crippen LogP contribution in [0.2, 0.25) is 0 Å². The third-order valence-corrected chi connectivity index (χ3v) is 3.77. The molecule has 1 rings (SSSR count). The molecule has 0 radical (unpaired) electrons. The first-order chi connectivity index (χ1) is 9.71. The first-order valence-electron chi connectivity index (χ1n) is 8.21. The fourth-order valence-corrected chi connectivity index (χ4v) is 2.21. The molecule has 1 fully saturated rings. The maximum atomic E-state index is 11.9. The zero-order valence-electron chi connectivity index (χ0n) is 13.3. The number of carbonyl (C=O) groups excluding carboxylic acids is 1. The van der Waals surface area contributed by atoms with Crippen LogP contribution in [-0.2, 0) is 14.3 Å². The van der Waals surface area contributed by atoms with Gasteiger partial charge in [-0.05, 0) is 32.1 Å². The summed E-state index contributed by atoms with van der Waals surface area (Å²) in [5.74, 6) is 0.430. The van der Waals surface area contributed by atoms with Crippen LogP contribution in [0.3, 0.4) is 0 Å². The molecule has 2 unspecified atom stereocenters. The number of hydrogen-bond acceptors (Lipinski definition) is 4. The zero-order valence-corrected chi connectivity index (χ0v) is 13.3. The molecule has 0 aromatic heterocycles. The summed E-state index contributed by atoms with van der Waals surface area (Å²) in [6.07, 6.45) is 7.15. The third-order valence-electron chi connectivity index (χ3n) is 3.77. The van der Waals surface area contributed by atoms with Crippen molar-refractivity contribution in [3.8, 4) is 0 Å². The molecule has 20 heavy (non-hydrogen) atoms. The SMILES string of the molecule is CCCCC(CC)COCC(NC1CC1)C(=O)OCC. The molecular formula is C16H31NO3. The number of nitrogens with one attached hydrogen (secondary N) is 1. The largest absolute Gasteiger partial charge is 0.465 e. The Bertz CT molecular complexity index is 266. The highest BCUT2D eigenvalue weighted by atomic mass is 16.5. The number of ether oxygens (including phenoxy) is 2.